The quantitative estimate of drug-likeness (QED) is 0.673. The number of carbonyl (C=O) groups excluding carboxylic acids is 1. The molecule has 0 spiro atoms. The van der Waals surface area contributed by atoms with Crippen LogP contribution in [0.15, 0.2) is 16.7 Å². The second kappa shape index (κ2) is 3.40. The number of furan rings is 1. The fraction of sp³-hybridized carbons (Fsp3) is 0.375. The third-order valence-electron chi connectivity index (χ3n) is 1.49. The third-order valence-corrected chi connectivity index (χ3v) is 1.49. The largest absolute Gasteiger partial charge is 0.467 e. The van der Waals surface area contributed by atoms with Crippen LogP contribution in [-0.2, 0) is 4.74 Å². The molecule has 0 aliphatic rings. The molecule has 0 amide bonds. The summed E-state index contributed by atoms with van der Waals surface area (Å²) < 4.78 is 9.51. The lowest BCUT2D eigenvalue weighted by Gasteiger charge is -1.96. The minimum Gasteiger partial charge on any atom is -0.467 e. The van der Waals surface area contributed by atoms with Gasteiger partial charge in [-0.15, -0.1) is 0 Å². The van der Waals surface area contributed by atoms with Crippen LogP contribution >= 0.6 is 0 Å². The molecule has 1 rings (SSSR count). The van der Waals surface area contributed by atoms with Gasteiger partial charge in [-0.2, -0.15) is 0 Å². The van der Waals surface area contributed by atoms with Gasteiger partial charge in [0.2, 0.25) is 0 Å². The molecule has 0 aromatic carbocycles. The summed E-state index contributed by atoms with van der Waals surface area (Å²) in [7, 11) is 1.32. The number of rotatable bonds is 2. The molecule has 1 aromatic heterocycles. The second-order valence-electron chi connectivity index (χ2n) is 2.52. The zero-order valence-electron chi connectivity index (χ0n) is 7.03. The van der Waals surface area contributed by atoms with E-state index in [1.54, 1.807) is 13.0 Å². The summed E-state index contributed by atoms with van der Waals surface area (Å²) in [5.41, 5.74) is 5.92. The number of hydrogen-bond donors (Lipinski definition) is 1. The number of esters is 1. The maximum absolute atomic E-state index is 10.9. The van der Waals surface area contributed by atoms with Gasteiger partial charge in [0, 0.05) is 0 Å². The van der Waals surface area contributed by atoms with E-state index in [1.165, 1.54) is 13.4 Å². The van der Waals surface area contributed by atoms with Crippen LogP contribution in [0.2, 0.25) is 0 Å². The Morgan fingerprint density at radius 1 is 1.75 bits per heavy atom. The van der Waals surface area contributed by atoms with Gasteiger partial charge >= 0.3 is 5.97 Å². The van der Waals surface area contributed by atoms with Crippen LogP contribution in [0, 0.1) is 0 Å². The van der Waals surface area contributed by atoms with Gasteiger partial charge in [0.25, 0.3) is 0 Å². The predicted octanol–water partition coefficient (Wildman–Crippen LogP) is 1.09. The van der Waals surface area contributed by atoms with Crippen molar-refractivity contribution in [2.45, 2.75) is 13.0 Å². The first-order chi connectivity index (χ1) is 5.65. The summed E-state index contributed by atoms with van der Waals surface area (Å²) in [6, 6.07) is 1.37. The van der Waals surface area contributed by atoms with Crippen LogP contribution in [0.4, 0.5) is 0 Å². The molecule has 0 bridgehead atoms. The standard InChI is InChI=1S/C8H11NO3/c1-5(9)7-3-6(4-12-7)8(10)11-2/h3-5H,9H2,1-2H3/t5-/m1/s1. The zero-order chi connectivity index (χ0) is 9.14. The van der Waals surface area contributed by atoms with Crippen molar-refractivity contribution in [3.05, 3.63) is 23.7 Å². The maximum Gasteiger partial charge on any atom is 0.341 e. The van der Waals surface area contributed by atoms with Crippen LogP contribution in [-0.4, -0.2) is 13.1 Å². The first-order valence-electron chi connectivity index (χ1n) is 3.57. The van der Waals surface area contributed by atoms with Crippen molar-refractivity contribution in [3.8, 4) is 0 Å². The fourth-order valence-electron chi connectivity index (χ4n) is 0.816. The van der Waals surface area contributed by atoms with Crippen molar-refractivity contribution in [1.29, 1.82) is 0 Å². The Kier molecular flexibility index (Phi) is 2.50. The van der Waals surface area contributed by atoms with Crippen LogP contribution in [0.25, 0.3) is 0 Å². The molecule has 0 aliphatic heterocycles. The van der Waals surface area contributed by atoms with Crippen molar-refractivity contribution in [2.75, 3.05) is 7.11 Å². The second-order valence-corrected chi connectivity index (χ2v) is 2.52. The van der Waals surface area contributed by atoms with Gasteiger partial charge in [-0.25, -0.2) is 4.79 Å². The highest BCUT2D eigenvalue weighted by Crippen LogP contribution is 2.14. The highest BCUT2D eigenvalue weighted by molar-refractivity contribution is 5.88. The van der Waals surface area contributed by atoms with Crippen molar-refractivity contribution in [3.63, 3.8) is 0 Å². The number of carbonyl (C=O) groups is 1. The highest BCUT2D eigenvalue weighted by atomic mass is 16.5. The molecular formula is C8H11NO3. The maximum atomic E-state index is 10.9. The molecule has 0 aliphatic carbocycles. The number of nitrogens with two attached hydrogens (primary N) is 1. The Balaban J connectivity index is 2.84. The molecule has 4 nitrogen and oxygen atoms in total. The van der Waals surface area contributed by atoms with Gasteiger partial charge in [-0.05, 0) is 13.0 Å². The van der Waals surface area contributed by atoms with E-state index in [9.17, 15) is 4.79 Å². The van der Waals surface area contributed by atoms with Gasteiger partial charge in [-0.1, -0.05) is 0 Å². The van der Waals surface area contributed by atoms with Crippen LogP contribution in [0.5, 0.6) is 0 Å². The van der Waals surface area contributed by atoms with Crippen molar-refractivity contribution >= 4 is 5.97 Å². The topological polar surface area (TPSA) is 65.5 Å². The Labute approximate surface area is 70.3 Å². The lowest BCUT2D eigenvalue weighted by atomic mass is 10.2. The smallest absolute Gasteiger partial charge is 0.341 e. The van der Waals surface area contributed by atoms with E-state index < -0.39 is 5.97 Å². The van der Waals surface area contributed by atoms with Gasteiger partial charge in [0.05, 0.1) is 18.7 Å². The van der Waals surface area contributed by atoms with Crippen LogP contribution in [0.1, 0.15) is 29.1 Å². The summed E-state index contributed by atoms with van der Waals surface area (Å²) >= 11 is 0. The highest BCUT2D eigenvalue weighted by Gasteiger charge is 2.11. The number of methoxy groups -OCH3 is 1. The average molecular weight is 169 g/mol. The summed E-state index contributed by atoms with van der Waals surface area (Å²) in [5.74, 6) is 0.168. The Morgan fingerprint density at radius 3 is 2.83 bits per heavy atom. The zero-order valence-corrected chi connectivity index (χ0v) is 7.03. The van der Waals surface area contributed by atoms with Crippen LogP contribution < -0.4 is 5.73 Å². The Bertz CT molecular complexity index is 278. The van der Waals surface area contributed by atoms with Crippen LogP contribution in [0.3, 0.4) is 0 Å². The van der Waals surface area contributed by atoms with E-state index in [0.717, 1.165) is 0 Å². The summed E-state index contributed by atoms with van der Waals surface area (Å²) in [4.78, 5) is 10.9. The monoisotopic (exact) mass is 169 g/mol. The van der Waals surface area contributed by atoms with Gasteiger partial charge in [0.1, 0.15) is 12.0 Å². The number of hydrogen-bond acceptors (Lipinski definition) is 4. The lowest BCUT2D eigenvalue weighted by molar-refractivity contribution is 0.0600. The van der Waals surface area contributed by atoms with E-state index in [0.29, 0.717) is 11.3 Å². The molecule has 1 aromatic rings. The minimum absolute atomic E-state index is 0.205. The third kappa shape index (κ3) is 1.65. The molecule has 12 heavy (non-hydrogen) atoms. The summed E-state index contributed by atoms with van der Waals surface area (Å²) in [6.45, 7) is 1.78. The van der Waals surface area contributed by atoms with Crippen molar-refractivity contribution < 1.29 is 13.9 Å². The van der Waals surface area contributed by atoms with Gasteiger partial charge in [-0.3, -0.25) is 0 Å². The molecule has 1 heterocycles. The minimum atomic E-state index is -0.411. The molecule has 0 fully saturated rings. The van der Waals surface area contributed by atoms with E-state index in [-0.39, 0.29) is 6.04 Å². The Hall–Kier alpha value is -1.29. The van der Waals surface area contributed by atoms with E-state index >= 15 is 0 Å². The SMILES string of the molecule is COC(=O)c1coc([C@@H](C)N)c1. The number of ether oxygens (including phenoxy) is 1. The summed E-state index contributed by atoms with van der Waals surface area (Å²) in [6.07, 6.45) is 1.34. The Morgan fingerprint density at radius 2 is 2.42 bits per heavy atom. The molecule has 1 atom stereocenters. The van der Waals surface area contributed by atoms with Gasteiger partial charge in [0.15, 0.2) is 0 Å². The van der Waals surface area contributed by atoms with Gasteiger partial charge < -0.3 is 14.9 Å². The molecule has 2 N–H and O–H groups in total. The van der Waals surface area contributed by atoms with Crippen molar-refractivity contribution in [1.82, 2.24) is 0 Å². The van der Waals surface area contributed by atoms with E-state index in [2.05, 4.69) is 4.74 Å². The van der Waals surface area contributed by atoms with E-state index in [1.807, 2.05) is 0 Å². The van der Waals surface area contributed by atoms with Crippen molar-refractivity contribution in [2.24, 2.45) is 5.73 Å². The molecule has 0 saturated heterocycles. The first-order valence-corrected chi connectivity index (χ1v) is 3.57. The molecular weight excluding hydrogens is 158 g/mol. The fourth-order valence-corrected chi connectivity index (χ4v) is 0.816. The lowest BCUT2D eigenvalue weighted by Crippen LogP contribution is -2.03. The predicted molar refractivity (Wildman–Crippen MR) is 42.6 cm³/mol. The first kappa shape index (κ1) is 8.80. The summed E-state index contributed by atoms with van der Waals surface area (Å²) in [5, 5.41) is 0. The molecule has 0 unspecified atom stereocenters. The molecule has 0 saturated carbocycles. The molecule has 66 valence electrons. The average Bonchev–Trinajstić information content (AvgIpc) is 2.51. The normalized spacial score (nSPS) is 12.6. The molecule has 0 radical (unpaired) electrons. The van der Waals surface area contributed by atoms with E-state index in [4.69, 9.17) is 10.2 Å². The molecule has 4 heteroatoms.